The number of pyridine rings is 3. The second kappa shape index (κ2) is 21.6. The quantitative estimate of drug-likeness (QED) is 0.150. The number of anilines is 2. The summed E-state index contributed by atoms with van der Waals surface area (Å²) in [5.74, 6) is 0.195. The lowest BCUT2D eigenvalue weighted by Crippen LogP contribution is -2.54. The van der Waals surface area contributed by atoms with Gasteiger partial charge in [-0.05, 0) is 121 Å². The van der Waals surface area contributed by atoms with Crippen LogP contribution in [0.4, 0.5) is 15.9 Å². The number of hydrogen-bond donors (Lipinski definition) is 2. The van der Waals surface area contributed by atoms with Gasteiger partial charge in [0.05, 0.1) is 16.4 Å². The molecule has 0 bridgehead atoms. The standard InChI is InChI=1S/C30H35ClN6O3.C30H34FN5O2/c1-19-15-22(20-7-8-24(23(31)16-20)37-14-9-33(5)29(37)40)28(39)27(32-19)21-17-25(34(6)26(38)18-21)35-10-12-36(13-11-35)30(2,3)4;1-20-17-24(21-9-10-26(25(31)19-21)36-16-11-33(5)29(36)38)28(37)27(32-20)22-7-6-8-23(18-22)34-12-14-35(15-13-34)30(2,3)4/h7-9,14-18,39H,10-13H2,1-6H3;6-11,16-19,37H,12-15H2,1-5H3. The Hall–Kier alpha value is -7.73. The van der Waals surface area contributed by atoms with Crippen LogP contribution in [-0.2, 0) is 21.1 Å². The maximum atomic E-state index is 15.2. The van der Waals surface area contributed by atoms with Crippen molar-refractivity contribution in [3.8, 4) is 67.6 Å². The molecule has 18 heteroatoms. The molecular weight excluding hydrogens is 1010 g/mol. The van der Waals surface area contributed by atoms with Crippen LogP contribution in [0.5, 0.6) is 11.5 Å². The Labute approximate surface area is 459 Å². The third kappa shape index (κ3) is 11.2. The number of nitrogens with zero attached hydrogens (tertiary/aromatic N) is 11. The minimum absolute atomic E-state index is 0.00525. The van der Waals surface area contributed by atoms with Crippen LogP contribution in [0.1, 0.15) is 52.9 Å². The van der Waals surface area contributed by atoms with Gasteiger partial charge < -0.3 is 29.1 Å². The van der Waals surface area contributed by atoms with Gasteiger partial charge in [-0.2, -0.15) is 0 Å². The number of aromatic hydroxyl groups is 2. The van der Waals surface area contributed by atoms with Crippen molar-refractivity contribution in [1.29, 1.82) is 0 Å². The molecule has 7 heterocycles. The molecule has 2 fully saturated rings. The average molecular weight is 1080 g/mol. The minimum Gasteiger partial charge on any atom is -0.505 e. The van der Waals surface area contributed by atoms with E-state index >= 15 is 4.39 Å². The molecule has 0 saturated carbocycles. The molecular formula is C60H69ClFN11O5. The molecule has 2 N–H and O–H groups in total. The van der Waals surface area contributed by atoms with Crippen LogP contribution < -0.4 is 26.7 Å². The molecule has 2 aliphatic rings. The Morgan fingerprint density at radius 2 is 1.03 bits per heavy atom. The van der Waals surface area contributed by atoms with Crippen molar-refractivity contribution in [1.82, 2.24) is 42.6 Å². The third-order valence-corrected chi connectivity index (χ3v) is 15.3. The fourth-order valence-electron chi connectivity index (χ4n) is 10.4. The monoisotopic (exact) mass is 1080 g/mol. The van der Waals surface area contributed by atoms with Gasteiger partial charge in [0.25, 0.3) is 5.56 Å². The highest BCUT2D eigenvalue weighted by Crippen LogP contribution is 2.41. The normalized spacial score (nSPS) is 14.7. The lowest BCUT2D eigenvalue weighted by atomic mass is 9.99. The Kier molecular flexibility index (Phi) is 15.2. The lowest BCUT2D eigenvalue weighted by molar-refractivity contribution is 0.128. The molecule has 0 amide bonds. The maximum absolute atomic E-state index is 15.2. The van der Waals surface area contributed by atoms with E-state index < -0.39 is 5.82 Å². The number of imidazole rings is 2. The molecule has 5 aromatic heterocycles. The number of rotatable bonds is 8. The molecule has 0 spiro atoms. The predicted molar refractivity (Wildman–Crippen MR) is 309 cm³/mol. The highest BCUT2D eigenvalue weighted by atomic mass is 35.5. The van der Waals surface area contributed by atoms with E-state index in [1.54, 1.807) is 80.7 Å². The summed E-state index contributed by atoms with van der Waals surface area (Å²) in [5.41, 5.74) is 7.06. The Balaban J connectivity index is 0.000000190. The largest absolute Gasteiger partial charge is 0.505 e. The van der Waals surface area contributed by atoms with Gasteiger partial charge in [0, 0.05) is 155 Å². The SMILES string of the molecule is Cc1cc(-c2ccc(-n3ccn(C)c3=O)c(Cl)c2)c(O)c(-c2cc(N3CCN(C(C)(C)C)CC3)n(C)c(=O)c2)n1.Cc1cc(-c2ccc(-n3ccn(C)c3=O)c(F)c2)c(O)c(-c2cccc(N3CCN(C(C)(C)C)CC3)c2)n1. The predicted octanol–water partition coefficient (Wildman–Crippen LogP) is 9.17. The smallest absolute Gasteiger partial charge is 0.332 e. The zero-order valence-corrected chi connectivity index (χ0v) is 47.1. The Morgan fingerprint density at radius 1 is 0.538 bits per heavy atom. The first-order valence-electron chi connectivity index (χ1n) is 26.2. The van der Waals surface area contributed by atoms with Crippen LogP contribution in [0.15, 0.2) is 124 Å². The zero-order chi connectivity index (χ0) is 56.1. The van der Waals surface area contributed by atoms with Crippen LogP contribution in [0.2, 0.25) is 5.02 Å². The highest BCUT2D eigenvalue weighted by Gasteiger charge is 2.29. The first-order valence-corrected chi connectivity index (χ1v) is 26.6. The summed E-state index contributed by atoms with van der Waals surface area (Å²) in [6, 6.07) is 24.9. The van der Waals surface area contributed by atoms with Crippen LogP contribution in [0.25, 0.3) is 56.1 Å². The number of benzene rings is 3. The van der Waals surface area contributed by atoms with Crippen molar-refractivity contribution >= 4 is 23.1 Å². The molecule has 0 unspecified atom stereocenters. The summed E-state index contributed by atoms with van der Waals surface area (Å²) in [6.07, 6.45) is 6.44. The molecule has 2 aliphatic heterocycles. The fraction of sp³-hybridized carbons (Fsp3) is 0.350. The topological polar surface area (TPSA) is 155 Å². The number of hydrogen-bond acceptors (Lipinski definition) is 11. The molecule has 16 nitrogen and oxygen atoms in total. The first kappa shape index (κ1) is 55.0. The zero-order valence-electron chi connectivity index (χ0n) is 46.3. The summed E-state index contributed by atoms with van der Waals surface area (Å²) in [5, 5.41) is 23.1. The van der Waals surface area contributed by atoms with Crippen molar-refractivity contribution in [3.63, 3.8) is 0 Å². The molecule has 2 saturated heterocycles. The van der Waals surface area contributed by atoms with E-state index in [4.69, 9.17) is 11.6 Å². The summed E-state index contributed by atoms with van der Waals surface area (Å²) in [6.45, 7) is 24.3. The van der Waals surface area contributed by atoms with Crippen LogP contribution in [0, 0.1) is 19.7 Å². The van der Waals surface area contributed by atoms with Gasteiger partial charge in [-0.1, -0.05) is 35.9 Å². The summed E-state index contributed by atoms with van der Waals surface area (Å²) in [4.78, 5) is 56.5. The molecule has 3 aromatic carbocycles. The van der Waals surface area contributed by atoms with Crippen molar-refractivity contribution in [2.75, 3.05) is 62.2 Å². The van der Waals surface area contributed by atoms with Crippen molar-refractivity contribution < 1.29 is 14.6 Å². The second-order valence-corrected chi connectivity index (χ2v) is 22.7. The molecule has 78 heavy (non-hydrogen) atoms. The van der Waals surface area contributed by atoms with E-state index in [1.807, 2.05) is 38.1 Å². The van der Waals surface area contributed by atoms with Gasteiger partial charge in [-0.3, -0.25) is 28.3 Å². The van der Waals surface area contributed by atoms with Crippen LogP contribution in [-0.4, -0.2) is 116 Å². The lowest BCUT2D eigenvalue weighted by Gasteiger charge is -2.43. The van der Waals surface area contributed by atoms with Gasteiger partial charge in [0.1, 0.15) is 34.5 Å². The van der Waals surface area contributed by atoms with Gasteiger partial charge in [0.2, 0.25) is 0 Å². The van der Waals surface area contributed by atoms with E-state index in [0.29, 0.717) is 61.3 Å². The Morgan fingerprint density at radius 3 is 1.51 bits per heavy atom. The van der Waals surface area contributed by atoms with Gasteiger partial charge in [0.15, 0.2) is 0 Å². The van der Waals surface area contributed by atoms with Crippen LogP contribution in [0.3, 0.4) is 0 Å². The third-order valence-electron chi connectivity index (χ3n) is 14.9. The maximum Gasteiger partial charge on any atom is 0.332 e. The second-order valence-electron chi connectivity index (χ2n) is 22.3. The summed E-state index contributed by atoms with van der Waals surface area (Å²) < 4.78 is 22.4. The van der Waals surface area contributed by atoms with E-state index in [2.05, 4.69) is 83.2 Å². The summed E-state index contributed by atoms with van der Waals surface area (Å²) in [7, 11) is 5.06. The van der Waals surface area contributed by atoms with Crippen LogP contribution >= 0.6 is 11.6 Å². The molecule has 0 atom stereocenters. The summed E-state index contributed by atoms with van der Waals surface area (Å²) >= 11 is 6.61. The van der Waals surface area contributed by atoms with Gasteiger partial charge in [-0.25, -0.2) is 23.9 Å². The molecule has 8 aromatic rings. The number of halogens is 2. The van der Waals surface area contributed by atoms with Crippen molar-refractivity contribution in [3.05, 3.63) is 163 Å². The number of aromatic nitrogens is 7. The number of aryl methyl sites for hydroxylation is 4. The van der Waals surface area contributed by atoms with Crippen molar-refractivity contribution in [2.24, 2.45) is 21.1 Å². The van der Waals surface area contributed by atoms with E-state index in [9.17, 15) is 24.6 Å². The molecule has 0 radical (unpaired) electrons. The fourth-order valence-corrected chi connectivity index (χ4v) is 10.6. The highest BCUT2D eigenvalue weighted by molar-refractivity contribution is 6.32. The molecule has 0 aliphatic carbocycles. The van der Waals surface area contributed by atoms with Crippen molar-refractivity contribution in [2.45, 2.75) is 66.5 Å². The minimum atomic E-state index is -0.553. The van der Waals surface area contributed by atoms with Gasteiger partial charge in [-0.15, -0.1) is 0 Å². The van der Waals surface area contributed by atoms with E-state index in [1.165, 1.54) is 36.6 Å². The van der Waals surface area contributed by atoms with Gasteiger partial charge >= 0.3 is 11.4 Å². The van der Waals surface area contributed by atoms with E-state index in [0.717, 1.165) is 69.4 Å². The molecule has 408 valence electrons. The number of piperazine rings is 2. The van der Waals surface area contributed by atoms with E-state index in [-0.39, 0.29) is 45.2 Å². The molecule has 10 rings (SSSR count). The Bertz CT molecular complexity index is 3730. The first-order chi connectivity index (χ1) is 36.9. The average Bonchev–Trinajstić information content (AvgIpc) is 4.00.